The maximum absolute atomic E-state index is 11.4. The van der Waals surface area contributed by atoms with Crippen LogP contribution in [0.1, 0.15) is 0 Å². The zero-order chi connectivity index (χ0) is 19.9. The van der Waals surface area contributed by atoms with Gasteiger partial charge in [0.1, 0.15) is 0 Å². The summed E-state index contributed by atoms with van der Waals surface area (Å²) in [5, 5.41) is 34.6. The van der Waals surface area contributed by atoms with Gasteiger partial charge in [0.2, 0.25) is 15.9 Å². The largest absolute Gasteiger partial charge is 0.493 e. The van der Waals surface area contributed by atoms with E-state index in [2.05, 4.69) is 15.2 Å². The molecule has 0 radical (unpaired) electrons. The van der Waals surface area contributed by atoms with Crippen molar-refractivity contribution in [1.82, 2.24) is 4.98 Å². The van der Waals surface area contributed by atoms with Gasteiger partial charge in [-0.2, -0.15) is 0 Å². The lowest BCUT2D eigenvalue weighted by molar-refractivity contribution is -0.384. The number of aromatic amines is 1. The number of azo groups is 1. The van der Waals surface area contributed by atoms with Gasteiger partial charge in [0.15, 0.2) is 11.4 Å². The van der Waals surface area contributed by atoms with Crippen molar-refractivity contribution in [2.24, 2.45) is 15.4 Å². The summed E-state index contributed by atoms with van der Waals surface area (Å²) >= 11 is 12.0. The van der Waals surface area contributed by atoms with Crippen LogP contribution in [0, 0.1) is 10.1 Å². The van der Waals surface area contributed by atoms with Crippen LogP contribution in [0.4, 0.5) is 17.1 Å². The number of hydrogen-bond donors (Lipinski definition) is 3. The summed E-state index contributed by atoms with van der Waals surface area (Å²) in [6, 6.07) is 5.84. The smallest absolute Gasteiger partial charge is 0.298 e. The van der Waals surface area contributed by atoms with Gasteiger partial charge < -0.3 is 10.1 Å². The van der Waals surface area contributed by atoms with Gasteiger partial charge in [-0.1, -0.05) is 23.2 Å². The molecule has 0 bridgehead atoms. The zero-order valence-corrected chi connectivity index (χ0v) is 15.4. The molecule has 0 spiro atoms. The van der Waals surface area contributed by atoms with Crippen molar-refractivity contribution in [2.45, 2.75) is 4.90 Å². The minimum atomic E-state index is -4.13. The number of H-pyrrole nitrogens is 1. The number of primary sulfonamides is 1. The number of aromatic nitrogens is 1. The first-order valence-corrected chi connectivity index (χ1v) is 9.31. The second-order valence-corrected chi connectivity index (χ2v) is 7.69. The lowest BCUT2D eigenvalue weighted by Crippen LogP contribution is -2.12. The number of halogens is 2. The molecule has 0 aliphatic heterocycles. The van der Waals surface area contributed by atoms with E-state index in [4.69, 9.17) is 28.3 Å². The Morgan fingerprint density at radius 2 is 1.89 bits per heavy atom. The SMILES string of the molecule is NS(=O)(=O)c1ccc(N=Nc2c(O)[nH]c3c(Cl)cc(Cl)cc23)c([N+](=O)[O-])c1. The zero-order valence-electron chi connectivity index (χ0n) is 13.1. The summed E-state index contributed by atoms with van der Waals surface area (Å²) in [6.07, 6.45) is 0. The van der Waals surface area contributed by atoms with E-state index in [0.29, 0.717) is 10.9 Å². The van der Waals surface area contributed by atoms with Crippen LogP contribution in [0.25, 0.3) is 10.9 Å². The Bertz CT molecular complexity index is 1220. The summed E-state index contributed by atoms with van der Waals surface area (Å²) in [5.41, 5.74) is -0.555. The van der Waals surface area contributed by atoms with Gasteiger partial charge in [-0.25, -0.2) is 13.6 Å². The van der Waals surface area contributed by atoms with Crippen LogP contribution in [0.2, 0.25) is 10.0 Å². The molecule has 13 heteroatoms. The molecule has 3 rings (SSSR count). The highest BCUT2D eigenvalue weighted by molar-refractivity contribution is 7.89. The summed E-state index contributed by atoms with van der Waals surface area (Å²) in [4.78, 5) is 12.5. The van der Waals surface area contributed by atoms with E-state index in [1.54, 1.807) is 0 Å². The first kappa shape index (κ1) is 19.0. The third-order valence-corrected chi connectivity index (χ3v) is 4.93. The third kappa shape index (κ3) is 3.71. The van der Waals surface area contributed by atoms with Gasteiger partial charge in [0.25, 0.3) is 5.69 Å². The maximum atomic E-state index is 11.4. The van der Waals surface area contributed by atoms with Crippen molar-refractivity contribution in [3.8, 4) is 5.88 Å². The quantitative estimate of drug-likeness (QED) is 0.321. The molecule has 3 aromatic rings. The number of hydrogen-bond acceptors (Lipinski definition) is 7. The van der Waals surface area contributed by atoms with Gasteiger partial charge in [-0.3, -0.25) is 10.1 Å². The number of nitrogens with zero attached hydrogens (tertiary/aromatic N) is 3. The van der Waals surface area contributed by atoms with E-state index < -0.39 is 25.5 Å². The molecule has 140 valence electrons. The van der Waals surface area contributed by atoms with Crippen LogP contribution in [0.3, 0.4) is 0 Å². The molecule has 1 aromatic heterocycles. The fraction of sp³-hybridized carbons (Fsp3) is 0. The summed E-state index contributed by atoms with van der Waals surface area (Å²) in [7, 11) is -4.13. The van der Waals surface area contributed by atoms with Crippen molar-refractivity contribution < 1.29 is 18.4 Å². The second-order valence-electron chi connectivity index (χ2n) is 5.29. The van der Waals surface area contributed by atoms with Gasteiger partial charge in [-0.15, -0.1) is 10.2 Å². The molecule has 10 nitrogen and oxygen atoms in total. The predicted molar refractivity (Wildman–Crippen MR) is 98.6 cm³/mol. The number of nitro benzene ring substituents is 1. The van der Waals surface area contributed by atoms with Crippen molar-refractivity contribution in [3.63, 3.8) is 0 Å². The first-order chi connectivity index (χ1) is 12.6. The molecule has 0 saturated carbocycles. The monoisotopic (exact) mass is 429 g/mol. The summed E-state index contributed by atoms with van der Waals surface area (Å²) in [5.74, 6) is -0.373. The molecule has 27 heavy (non-hydrogen) atoms. The van der Waals surface area contributed by atoms with Crippen molar-refractivity contribution in [1.29, 1.82) is 0 Å². The van der Waals surface area contributed by atoms with Crippen molar-refractivity contribution >= 4 is 61.2 Å². The molecule has 0 atom stereocenters. The second kappa shape index (κ2) is 6.78. The Balaban J connectivity index is 2.13. The highest BCUT2D eigenvalue weighted by Crippen LogP contribution is 2.41. The molecule has 2 aromatic carbocycles. The Morgan fingerprint density at radius 1 is 1.19 bits per heavy atom. The van der Waals surface area contributed by atoms with Crippen LogP contribution >= 0.6 is 23.2 Å². The van der Waals surface area contributed by atoms with E-state index >= 15 is 0 Å². The molecule has 1 heterocycles. The van der Waals surface area contributed by atoms with Crippen LogP contribution in [-0.4, -0.2) is 23.4 Å². The number of aromatic hydroxyl groups is 1. The number of benzene rings is 2. The average Bonchev–Trinajstić information content (AvgIpc) is 2.87. The number of fused-ring (bicyclic) bond motifs is 1. The topological polar surface area (TPSA) is 164 Å². The van der Waals surface area contributed by atoms with E-state index in [1.807, 2.05) is 0 Å². The molecule has 0 saturated heterocycles. The minimum Gasteiger partial charge on any atom is -0.493 e. The van der Waals surface area contributed by atoms with Crippen molar-refractivity contribution in [3.05, 3.63) is 50.5 Å². The van der Waals surface area contributed by atoms with E-state index in [9.17, 15) is 23.6 Å². The Morgan fingerprint density at radius 3 is 2.52 bits per heavy atom. The fourth-order valence-corrected chi connectivity index (χ4v) is 3.38. The number of rotatable bonds is 4. The molecule has 0 aliphatic carbocycles. The van der Waals surface area contributed by atoms with Crippen LogP contribution in [0.5, 0.6) is 5.88 Å². The summed E-state index contributed by atoms with van der Waals surface area (Å²) < 4.78 is 22.7. The van der Waals surface area contributed by atoms with Crippen LogP contribution in [0.15, 0.2) is 45.5 Å². The molecule has 0 amide bonds. The van der Waals surface area contributed by atoms with E-state index in [0.717, 1.165) is 18.2 Å². The molecular formula is C14H9Cl2N5O5S. The lowest BCUT2D eigenvalue weighted by atomic mass is 10.2. The highest BCUT2D eigenvalue weighted by atomic mass is 35.5. The van der Waals surface area contributed by atoms with Gasteiger partial charge in [0, 0.05) is 16.5 Å². The maximum Gasteiger partial charge on any atom is 0.298 e. The number of nitrogens with one attached hydrogen (secondary N) is 1. The van der Waals surface area contributed by atoms with Gasteiger partial charge in [0.05, 0.1) is 20.4 Å². The van der Waals surface area contributed by atoms with Crippen molar-refractivity contribution in [2.75, 3.05) is 0 Å². The van der Waals surface area contributed by atoms with Gasteiger partial charge in [-0.05, 0) is 24.3 Å². The molecule has 0 aliphatic rings. The first-order valence-electron chi connectivity index (χ1n) is 7.00. The average molecular weight is 430 g/mol. The lowest BCUT2D eigenvalue weighted by Gasteiger charge is -2.00. The van der Waals surface area contributed by atoms with E-state index in [1.165, 1.54) is 12.1 Å². The van der Waals surface area contributed by atoms with Crippen LogP contribution in [-0.2, 0) is 10.0 Å². The number of nitro groups is 1. The molecular weight excluding hydrogens is 421 g/mol. The van der Waals surface area contributed by atoms with Gasteiger partial charge >= 0.3 is 0 Å². The third-order valence-electron chi connectivity index (χ3n) is 3.51. The summed E-state index contributed by atoms with van der Waals surface area (Å²) in [6.45, 7) is 0. The predicted octanol–water partition coefficient (Wildman–Crippen LogP) is 4.15. The number of nitrogens with two attached hydrogens (primary N) is 1. The Hall–Kier alpha value is -2.73. The normalized spacial score (nSPS) is 12.1. The van der Waals surface area contributed by atoms with E-state index in [-0.39, 0.29) is 27.3 Å². The Kier molecular flexibility index (Phi) is 4.78. The standard InChI is InChI=1S/C14H9Cl2N5O5S/c15-6-3-8-12(9(16)4-6)18-14(22)13(8)20-19-10-2-1-7(27(17,25)26)5-11(10)21(23)24/h1-5,18,22H,(H2,17,25,26). The Labute approximate surface area is 161 Å². The number of sulfonamides is 1. The highest BCUT2D eigenvalue weighted by Gasteiger charge is 2.20. The molecule has 4 N–H and O–H groups in total. The molecule has 0 unspecified atom stereocenters. The minimum absolute atomic E-state index is 0.0424. The van der Waals surface area contributed by atoms with Crippen LogP contribution < -0.4 is 5.14 Å². The fourth-order valence-electron chi connectivity index (χ4n) is 2.31. The molecule has 0 fully saturated rings.